The average molecular weight is 484 g/mol. The van der Waals surface area contributed by atoms with Crippen LogP contribution in [-0.4, -0.2) is 17.6 Å². The van der Waals surface area contributed by atoms with Gasteiger partial charge >= 0.3 is 0 Å². The van der Waals surface area contributed by atoms with Crippen LogP contribution in [0.15, 0.2) is 60.2 Å². The molecule has 0 aliphatic rings. The summed E-state index contributed by atoms with van der Waals surface area (Å²) in [5, 5.41) is 24.2. The monoisotopic (exact) mass is 484 g/mol. The van der Waals surface area contributed by atoms with E-state index in [4.69, 9.17) is 4.74 Å². The third-order valence-corrected chi connectivity index (χ3v) is 4.89. The van der Waals surface area contributed by atoms with Gasteiger partial charge in [-0.25, -0.2) is 0 Å². The molecule has 140 valence electrons. The Morgan fingerprint density at radius 2 is 2.00 bits per heavy atom. The molecule has 3 aromatic rings. The Balaban J connectivity index is 1.93. The van der Waals surface area contributed by atoms with Crippen LogP contribution in [0.1, 0.15) is 12.5 Å². The molecular formula is C22H17IN2O3. The molecule has 3 aromatic carbocycles. The number of ether oxygens (including phenoxy) is 1. The van der Waals surface area contributed by atoms with Gasteiger partial charge in [0.05, 0.1) is 10.2 Å². The maximum atomic E-state index is 12.7. The zero-order valence-electron chi connectivity index (χ0n) is 15.1. The van der Waals surface area contributed by atoms with Crippen molar-refractivity contribution in [3.05, 3.63) is 69.3 Å². The minimum atomic E-state index is -0.500. The van der Waals surface area contributed by atoms with E-state index in [1.165, 1.54) is 6.08 Å². The molecule has 0 fully saturated rings. The minimum Gasteiger partial charge on any atom is -0.504 e. The van der Waals surface area contributed by atoms with Crippen molar-refractivity contribution >= 4 is 51.0 Å². The highest BCUT2D eigenvalue weighted by Crippen LogP contribution is 2.33. The van der Waals surface area contributed by atoms with Gasteiger partial charge in [-0.3, -0.25) is 4.79 Å². The number of rotatable bonds is 5. The van der Waals surface area contributed by atoms with E-state index < -0.39 is 5.91 Å². The van der Waals surface area contributed by atoms with Crippen LogP contribution < -0.4 is 10.1 Å². The first-order valence-corrected chi connectivity index (χ1v) is 9.67. The van der Waals surface area contributed by atoms with Gasteiger partial charge in [0.1, 0.15) is 11.6 Å². The SMILES string of the molecule is CCOc1cc(/C=C(\C#N)C(=O)Nc2cccc3ccccc23)cc(I)c1O. The first-order chi connectivity index (χ1) is 13.5. The predicted molar refractivity (Wildman–Crippen MR) is 118 cm³/mol. The molecule has 0 atom stereocenters. The lowest BCUT2D eigenvalue weighted by Gasteiger charge is -2.10. The Morgan fingerprint density at radius 1 is 1.25 bits per heavy atom. The van der Waals surface area contributed by atoms with E-state index in [0.717, 1.165) is 10.8 Å². The van der Waals surface area contributed by atoms with E-state index in [2.05, 4.69) is 5.32 Å². The van der Waals surface area contributed by atoms with Crippen LogP contribution in [0.2, 0.25) is 0 Å². The zero-order valence-corrected chi connectivity index (χ0v) is 17.2. The number of anilines is 1. The van der Waals surface area contributed by atoms with Gasteiger partial charge in [-0.05, 0) is 64.7 Å². The molecule has 0 saturated heterocycles. The number of nitrogens with one attached hydrogen (secondary N) is 1. The molecule has 0 aliphatic heterocycles. The van der Waals surface area contributed by atoms with Gasteiger partial charge < -0.3 is 15.2 Å². The Labute approximate surface area is 176 Å². The lowest BCUT2D eigenvalue weighted by Crippen LogP contribution is -2.13. The molecule has 0 unspecified atom stereocenters. The quantitative estimate of drug-likeness (QED) is 0.300. The summed E-state index contributed by atoms with van der Waals surface area (Å²) in [6.45, 7) is 2.20. The Bertz CT molecular complexity index is 1110. The smallest absolute Gasteiger partial charge is 0.266 e. The molecule has 2 N–H and O–H groups in total. The second kappa shape index (κ2) is 8.76. The van der Waals surface area contributed by atoms with Gasteiger partial charge in [0.25, 0.3) is 5.91 Å². The van der Waals surface area contributed by atoms with Gasteiger partial charge in [-0.15, -0.1) is 0 Å². The molecule has 3 rings (SSSR count). The van der Waals surface area contributed by atoms with Gasteiger partial charge in [-0.2, -0.15) is 5.26 Å². The molecule has 0 aliphatic carbocycles. The first kappa shape index (κ1) is 19.7. The summed E-state index contributed by atoms with van der Waals surface area (Å²) in [5.41, 5.74) is 1.19. The third kappa shape index (κ3) is 4.26. The molecule has 28 heavy (non-hydrogen) atoms. The number of carbonyl (C=O) groups is 1. The summed E-state index contributed by atoms with van der Waals surface area (Å²) in [6.07, 6.45) is 1.48. The second-order valence-corrected chi connectivity index (χ2v) is 7.10. The van der Waals surface area contributed by atoms with Crippen molar-refractivity contribution in [1.82, 2.24) is 0 Å². The molecule has 5 nitrogen and oxygen atoms in total. The van der Waals surface area contributed by atoms with Crippen molar-refractivity contribution < 1.29 is 14.6 Å². The van der Waals surface area contributed by atoms with Crippen LogP contribution in [0.5, 0.6) is 11.5 Å². The van der Waals surface area contributed by atoms with Crippen molar-refractivity contribution in [3.63, 3.8) is 0 Å². The molecule has 0 saturated carbocycles. The highest BCUT2D eigenvalue weighted by atomic mass is 127. The number of amides is 1. The lowest BCUT2D eigenvalue weighted by molar-refractivity contribution is -0.112. The van der Waals surface area contributed by atoms with E-state index >= 15 is 0 Å². The number of nitriles is 1. The van der Waals surface area contributed by atoms with Crippen molar-refractivity contribution in [1.29, 1.82) is 5.26 Å². The number of hydrogen-bond acceptors (Lipinski definition) is 4. The summed E-state index contributed by atoms with van der Waals surface area (Å²) in [6, 6.07) is 18.5. The summed E-state index contributed by atoms with van der Waals surface area (Å²) in [4.78, 5) is 12.7. The maximum Gasteiger partial charge on any atom is 0.266 e. The molecule has 6 heteroatoms. The summed E-state index contributed by atoms with van der Waals surface area (Å²) >= 11 is 1.98. The van der Waals surface area contributed by atoms with Crippen LogP contribution >= 0.6 is 22.6 Å². The van der Waals surface area contributed by atoms with E-state index in [1.54, 1.807) is 18.2 Å². The fraction of sp³-hybridized carbons (Fsp3) is 0.0909. The molecule has 0 spiro atoms. The number of carbonyl (C=O) groups excluding carboxylic acids is 1. The number of benzene rings is 3. The number of halogens is 1. The summed E-state index contributed by atoms with van der Waals surface area (Å²) in [7, 11) is 0. The Hall–Kier alpha value is -3.05. The first-order valence-electron chi connectivity index (χ1n) is 8.59. The largest absolute Gasteiger partial charge is 0.504 e. The van der Waals surface area contributed by atoms with Gasteiger partial charge in [0.15, 0.2) is 11.5 Å². The number of hydrogen-bond donors (Lipinski definition) is 2. The van der Waals surface area contributed by atoms with E-state index in [-0.39, 0.29) is 11.3 Å². The Kier molecular flexibility index (Phi) is 6.16. The number of phenols is 1. The number of nitrogens with zero attached hydrogens (tertiary/aromatic N) is 1. The van der Waals surface area contributed by atoms with Crippen LogP contribution in [0.25, 0.3) is 16.8 Å². The molecule has 1 amide bonds. The van der Waals surface area contributed by atoms with Crippen molar-refractivity contribution in [2.45, 2.75) is 6.92 Å². The molecule has 0 aromatic heterocycles. The fourth-order valence-electron chi connectivity index (χ4n) is 2.78. The number of phenolic OH excluding ortho intramolecular Hbond substituents is 1. The van der Waals surface area contributed by atoms with E-state index in [9.17, 15) is 15.2 Å². The van der Waals surface area contributed by atoms with Crippen LogP contribution in [0.3, 0.4) is 0 Å². The molecule has 0 radical (unpaired) electrons. The lowest BCUT2D eigenvalue weighted by atomic mass is 10.1. The van der Waals surface area contributed by atoms with E-state index in [1.807, 2.05) is 72.0 Å². The number of aromatic hydroxyl groups is 1. The highest BCUT2D eigenvalue weighted by Gasteiger charge is 2.13. The van der Waals surface area contributed by atoms with Crippen molar-refractivity contribution in [2.24, 2.45) is 0 Å². The van der Waals surface area contributed by atoms with Crippen molar-refractivity contribution in [3.8, 4) is 17.6 Å². The zero-order chi connectivity index (χ0) is 20.1. The summed E-state index contributed by atoms with van der Waals surface area (Å²) < 4.78 is 5.98. The summed E-state index contributed by atoms with van der Waals surface area (Å²) in [5.74, 6) is -0.148. The molecule has 0 bridgehead atoms. The van der Waals surface area contributed by atoms with Crippen LogP contribution in [-0.2, 0) is 4.79 Å². The average Bonchev–Trinajstić information content (AvgIpc) is 2.70. The molecule has 0 heterocycles. The Morgan fingerprint density at radius 3 is 2.75 bits per heavy atom. The minimum absolute atomic E-state index is 0.0401. The van der Waals surface area contributed by atoms with Crippen LogP contribution in [0, 0.1) is 14.9 Å². The maximum absolute atomic E-state index is 12.7. The van der Waals surface area contributed by atoms with E-state index in [0.29, 0.717) is 27.2 Å². The van der Waals surface area contributed by atoms with Crippen LogP contribution in [0.4, 0.5) is 5.69 Å². The fourth-order valence-corrected chi connectivity index (χ4v) is 3.41. The van der Waals surface area contributed by atoms with Gasteiger partial charge in [0, 0.05) is 11.1 Å². The topological polar surface area (TPSA) is 82.3 Å². The van der Waals surface area contributed by atoms with Crippen molar-refractivity contribution in [2.75, 3.05) is 11.9 Å². The molecular weight excluding hydrogens is 467 g/mol. The normalized spacial score (nSPS) is 11.1. The number of fused-ring (bicyclic) bond motifs is 1. The van der Waals surface area contributed by atoms with Gasteiger partial charge in [0.2, 0.25) is 0 Å². The van der Waals surface area contributed by atoms with Gasteiger partial charge in [-0.1, -0.05) is 36.4 Å². The predicted octanol–water partition coefficient (Wildman–Crippen LogP) is 5.09. The third-order valence-electron chi connectivity index (χ3n) is 4.06. The highest BCUT2D eigenvalue weighted by molar-refractivity contribution is 14.1. The standard InChI is InChI=1S/C22H17IN2O3/c1-2-28-20-12-14(11-18(23)21(20)26)10-16(13-24)22(27)25-19-9-5-7-15-6-3-4-8-17(15)19/h3-12,26H,2H2,1H3,(H,25,27)/b16-10+. The second-order valence-electron chi connectivity index (χ2n) is 5.93.